The van der Waals surface area contributed by atoms with E-state index in [-0.39, 0.29) is 5.78 Å². The summed E-state index contributed by atoms with van der Waals surface area (Å²) in [5.74, 6) is 0.928. The summed E-state index contributed by atoms with van der Waals surface area (Å²) < 4.78 is 0. The molecule has 1 heterocycles. The average Bonchev–Trinajstić information content (AvgIpc) is 2.76. The highest BCUT2D eigenvalue weighted by atomic mass is 32.1. The molecule has 3 heteroatoms. The van der Waals surface area contributed by atoms with E-state index in [1.54, 1.807) is 0 Å². The first-order valence-corrected chi connectivity index (χ1v) is 7.19. The van der Waals surface area contributed by atoms with Crippen molar-refractivity contribution in [2.24, 2.45) is 0 Å². The number of nitrogens with zero attached hydrogens (tertiary/aromatic N) is 1. The summed E-state index contributed by atoms with van der Waals surface area (Å²) in [6, 6.07) is 0. The van der Waals surface area contributed by atoms with Crippen molar-refractivity contribution in [2.75, 3.05) is 0 Å². The van der Waals surface area contributed by atoms with E-state index in [4.69, 9.17) is 0 Å². The van der Waals surface area contributed by atoms with E-state index in [0.29, 0.717) is 12.3 Å². The average molecular weight is 235 g/mol. The lowest BCUT2D eigenvalue weighted by molar-refractivity contribution is 0.0968. The number of hydrogen-bond donors (Lipinski definition) is 0. The Labute approximate surface area is 100 Å². The van der Waals surface area contributed by atoms with Gasteiger partial charge in [-0.3, -0.25) is 4.79 Å². The van der Waals surface area contributed by atoms with Gasteiger partial charge in [-0.15, -0.1) is 11.3 Å². The third kappa shape index (κ3) is 1.81. The van der Waals surface area contributed by atoms with Crippen molar-refractivity contribution in [1.82, 2.24) is 4.98 Å². The Morgan fingerprint density at radius 3 is 2.62 bits per heavy atom. The summed E-state index contributed by atoms with van der Waals surface area (Å²) >= 11 is 1.81. The van der Waals surface area contributed by atoms with Gasteiger partial charge in [-0.2, -0.15) is 0 Å². The molecule has 0 aromatic carbocycles. The van der Waals surface area contributed by atoms with Crippen LogP contribution in [0.2, 0.25) is 0 Å². The summed E-state index contributed by atoms with van der Waals surface area (Å²) in [7, 11) is 0. The van der Waals surface area contributed by atoms with Crippen LogP contribution in [0.15, 0.2) is 0 Å². The Bertz CT molecular complexity index is 404. The molecule has 0 radical (unpaired) electrons. The molecule has 86 valence electrons. The van der Waals surface area contributed by atoms with Gasteiger partial charge in [0.25, 0.3) is 0 Å². The molecule has 0 bridgehead atoms. The van der Waals surface area contributed by atoms with Crippen LogP contribution in [-0.2, 0) is 6.42 Å². The van der Waals surface area contributed by atoms with Crippen LogP contribution < -0.4 is 0 Å². The standard InChI is InChI=1S/C13H17NOS/c15-10-7-4-8-11-12(10)14-13(16-11)9-5-2-1-3-6-9/h9H,1-8H2. The minimum Gasteiger partial charge on any atom is -0.292 e. The number of carbonyl (C=O) groups is 1. The molecule has 16 heavy (non-hydrogen) atoms. The first-order chi connectivity index (χ1) is 7.84. The zero-order chi connectivity index (χ0) is 11.0. The molecular weight excluding hydrogens is 218 g/mol. The Balaban J connectivity index is 1.88. The van der Waals surface area contributed by atoms with E-state index < -0.39 is 0 Å². The number of fused-ring (bicyclic) bond motifs is 1. The van der Waals surface area contributed by atoms with Crippen LogP contribution in [0, 0.1) is 0 Å². The smallest absolute Gasteiger partial charge is 0.182 e. The maximum atomic E-state index is 11.7. The molecule has 0 unspecified atom stereocenters. The van der Waals surface area contributed by atoms with Crippen molar-refractivity contribution in [3.63, 3.8) is 0 Å². The first kappa shape index (κ1) is 10.5. The molecule has 0 N–H and O–H groups in total. The van der Waals surface area contributed by atoms with Crippen molar-refractivity contribution in [3.8, 4) is 0 Å². The van der Waals surface area contributed by atoms with E-state index in [1.165, 1.54) is 42.0 Å². The van der Waals surface area contributed by atoms with Crippen molar-refractivity contribution in [2.45, 2.75) is 57.3 Å². The third-order valence-corrected chi connectivity index (χ3v) is 5.02. The van der Waals surface area contributed by atoms with Crippen LogP contribution in [0.1, 0.15) is 71.2 Å². The van der Waals surface area contributed by atoms with Crippen LogP contribution in [0.3, 0.4) is 0 Å². The second-order valence-corrected chi connectivity index (χ2v) is 6.05. The van der Waals surface area contributed by atoms with Gasteiger partial charge in [0, 0.05) is 17.2 Å². The van der Waals surface area contributed by atoms with Gasteiger partial charge in [0.1, 0.15) is 5.69 Å². The Hall–Kier alpha value is -0.700. The fourth-order valence-corrected chi connectivity index (χ4v) is 4.10. The van der Waals surface area contributed by atoms with Crippen LogP contribution in [-0.4, -0.2) is 10.8 Å². The van der Waals surface area contributed by atoms with Crippen LogP contribution in [0.25, 0.3) is 0 Å². The van der Waals surface area contributed by atoms with Gasteiger partial charge < -0.3 is 0 Å². The van der Waals surface area contributed by atoms with Crippen molar-refractivity contribution in [3.05, 3.63) is 15.6 Å². The van der Waals surface area contributed by atoms with Gasteiger partial charge in [0.05, 0.1) is 5.01 Å². The molecule has 0 spiro atoms. The first-order valence-electron chi connectivity index (χ1n) is 6.37. The number of Topliss-reactive ketones (excluding diaryl/α,β-unsaturated/α-hetero) is 1. The molecule has 0 aliphatic heterocycles. The van der Waals surface area contributed by atoms with E-state index in [1.807, 2.05) is 11.3 Å². The summed E-state index contributed by atoms with van der Waals surface area (Å²) in [6.07, 6.45) is 9.41. The molecule has 3 rings (SSSR count). The Morgan fingerprint density at radius 1 is 1.06 bits per heavy atom. The maximum absolute atomic E-state index is 11.7. The van der Waals surface area contributed by atoms with Gasteiger partial charge in [0.2, 0.25) is 0 Å². The highest BCUT2D eigenvalue weighted by molar-refractivity contribution is 7.12. The molecule has 1 aromatic heterocycles. The molecule has 1 aromatic rings. The zero-order valence-electron chi connectivity index (χ0n) is 9.50. The van der Waals surface area contributed by atoms with Crippen LogP contribution in [0.4, 0.5) is 0 Å². The monoisotopic (exact) mass is 235 g/mol. The number of ketones is 1. The highest BCUT2D eigenvalue weighted by Gasteiger charge is 2.26. The van der Waals surface area contributed by atoms with Gasteiger partial charge in [-0.25, -0.2) is 4.98 Å². The normalized spacial score (nSPS) is 22.1. The number of thiazole rings is 1. The van der Waals surface area contributed by atoms with Gasteiger partial charge in [-0.1, -0.05) is 19.3 Å². The summed E-state index contributed by atoms with van der Waals surface area (Å²) in [6.45, 7) is 0. The minimum absolute atomic E-state index is 0.277. The molecule has 0 atom stereocenters. The molecule has 2 aliphatic carbocycles. The van der Waals surface area contributed by atoms with Gasteiger partial charge in [0.15, 0.2) is 5.78 Å². The largest absolute Gasteiger partial charge is 0.292 e. The molecule has 2 aliphatic rings. The number of hydrogen-bond acceptors (Lipinski definition) is 3. The second-order valence-electron chi connectivity index (χ2n) is 4.94. The molecule has 0 saturated heterocycles. The van der Waals surface area contributed by atoms with Crippen molar-refractivity contribution < 1.29 is 4.79 Å². The second kappa shape index (κ2) is 4.28. The highest BCUT2D eigenvalue weighted by Crippen LogP contribution is 2.37. The molecule has 2 nitrogen and oxygen atoms in total. The van der Waals surface area contributed by atoms with Crippen LogP contribution in [0.5, 0.6) is 0 Å². The van der Waals surface area contributed by atoms with E-state index >= 15 is 0 Å². The van der Waals surface area contributed by atoms with Gasteiger partial charge in [-0.05, 0) is 25.7 Å². The molecular formula is C13H17NOS. The number of carbonyl (C=O) groups excluding carboxylic acids is 1. The van der Waals surface area contributed by atoms with Crippen molar-refractivity contribution in [1.29, 1.82) is 0 Å². The van der Waals surface area contributed by atoms with E-state index in [9.17, 15) is 4.79 Å². The molecule has 1 fully saturated rings. The summed E-state index contributed by atoms with van der Waals surface area (Å²) in [5, 5.41) is 1.25. The quantitative estimate of drug-likeness (QED) is 0.742. The van der Waals surface area contributed by atoms with Crippen LogP contribution >= 0.6 is 11.3 Å². The minimum atomic E-state index is 0.277. The molecule has 0 amide bonds. The fraction of sp³-hybridized carbons (Fsp3) is 0.692. The summed E-state index contributed by atoms with van der Waals surface area (Å²) in [5.41, 5.74) is 0.817. The predicted molar refractivity (Wildman–Crippen MR) is 65.2 cm³/mol. The van der Waals surface area contributed by atoms with Crippen molar-refractivity contribution >= 4 is 17.1 Å². The van der Waals surface area contributed by atoms with Gasteiger partial charge >= 0.3 is 0 Å². The zero-order valence-corrected chi connectivity index (χ0v) is 10.3. The maximum Gasteiger partial charge on any atom is 0.182 e. The third-order valence-electron chi connectivity index (χ3n) is 3.74. The number of aromatic nitrogens is 1. The number of aryl methyl sites for hydroxylation is 1. The molecule has 1 saturated carbocycles. The SMILES string of the molecule is O=C1CCCc2sc(C3CCCCC3)nc21. The van der Waals surface area contributed by atoms with E-state index in [0.717, 1.165) is 18.5 Å². The Morgan fingerprint density at radius 2 is 1.88 bits per heavy atom. The summed E-state index contributed by atoms with van der Waals surface area (Å²) in [4.78, 5) is 17.6. The fourth-order valence-electron chi connectivity index (χ4n) is 2.81. The predicted octanol–water partition coefficient (Wildman–Crippen LogP) is 3.71. The van der Waals surface area contributed by atoms with E-state index in [2.05, 4.69) is 4.98 Å². The topological polar surface area (TPSA) is 30.0 Å². The lowest BCUT2D eigenvalue weighted by atomic mass is 9.90. The lowest BCUT2D eigenvalue weighted by Crippen LogP contribution is -2.09. The Kier molecular flexibility index (Phi) is 2.80. The lowest BCUT2D eigenvalue weighted by Gasteiger charge is -2.18. The number of rotatable bonds is 1.